The summed E-state index contributed by atoms with van der Waals surface area (Å²) in [6.45, 7) is 2.76. The second kappa shape index (κ2) is 10.7. The standard InChI is InChI=1S/C33H34N8O3/c1-39-12-4-6-24(39)18-44-33-36-29-14-21(28-15-25(42)13-20-5-2-3-7-26(20)28)8-11-27(29)31(37-33)41-22-9-10-23(41)17-40(16-22)32(43)30-34-19-35-38-30/h2-3,5,7-8,11,13-15,19,22-24,42H,4,6,9-10,12,16-18H2,1H3,(H,34,35,38)/t22?,23?,24-/m0/s1. The molecule has 0 saturated carbocycles. The van der Waals surface area contributed by atoms with Crippen molar-refractivity contribution >= 4 is 33.4 Å². The molecule has 3 aliphatic rings. The maximum absolute atomic E-state index is 13.1. The average molecular weight is 591 g/mol. The fourth-order valence-electron chi connectivity index (χ4n) is 7.29. The molecule has 3 aromatic carbocycles. The van der Waals surface area contributed by atoms with E-state index in [4.69, 9.17) is 14.7 Å². The summed E-state index contributed by atoms with van der Waals surface area (Å²) in [6, 6.07) is 18.8. The lowest BCUT2D eigenvalue weighted by atomic mass is 9.97. The number of likely N-dealkylation sites (N-methyl/N-ethyl adjacent to an activating group) is 1. The van der Waals surface area contributed by atoms with Gasteiger partial charge in [-0.25, -0.2) is 4.98 Å². The number of benzene rings is 3. The van der Waals surface area contributed by atoms with Gasteiger partial charge in [-0.3, -0.25) is 9.89 Å². The molecule has 2 unspecified atom stereocenters. The molecule has 8 rings (SSSR count). The van der Waals surface area contributed by atoms with E-state index in [1.165, 1.54) is 6.33 Å². The zero-order valence-electron chi connectivity index (χ0n) is 24.6. The number of phenolic OH excluding ortho intramolecular Hbond substituents is 1. The normalized spacial score (nSPS) is 21.9. The number of carbonyl (C=O) groups is 1. The highest BCUT2D eigenvalue weighted by molar-refractivity contribution is 6.01. The van der Waals surface area contributed by atoms with Gasteiger partial charge in [0.15, 0.2) is 0 Å². The van der Waals surface area contributed by atoms with Crippen LogP contribution in [0.3, 0.4) is 0 Å². The molecule has 3 fully saturated rings. The number of aromatic amines is 1. The van der Waals surface area contributed by atoms with Crippen LogP contribution in [0.1, 0.15) is 36.3 Å². The second-order valence-electron chi connectivity index (χ2n) is 12.2. The Balaban J connectivity index is 1.19. The van der Waals surface area contributed by atoms with E-state index in [1.807, 2.05) is 29.2 Å². The highest BCUT2D eigenvalue weighted by Crippen LogP contribution is 2.40. The van der Waals surface area contributed by atoms with Crippen molar-refractivity contribution < 1.29 is 14.6 Å². The molecule has 3 saturated heterocycles. The number of hydrogen-bond donors (Lipinski definition) is 2. The number of nitrogens with zero attached hydrogens (tertiary/aromatic N) is 7. The van der Waals surface area contributed by atoms with Crippen molar-refractivity contribution in [2.24, 2.45) is 0 Å². The molecule has 3 aliphatic heterocycles. The molecular formula is C33H34N8O3. The van der Waals surface area contributed by atoms with E-state index < -0.39 is 0 Å². The predicted molar refractivity (Wildman–Crippen MR) is 167 cm³/mol. The van der Waals surface area contributed by atoms with E-state index in [0.717, 1.165) is 70.8 Å². The molecular weight excluding hydrogens is 556 g/mol. The lowest BCUT2D eigenvalue weighted by Gasteiger charge is -2.41. The first-order chi connectivity index (χ1) is 21.5. The van der Waals surface area contributed by atoms with Gasteiger partial charge in [-0.2, -0.15) is 15.1 Å². The van der Waals surface area contributed by atoms with Crippen LogP contribution < -0.4 is 9.64 Å². The number of amides is 1. The number of hydrogen-bond acceptors (Lipinski definition) is 9. The Bertz CT molecular complexity index is 1850. The van der Waals surface area contributed by atoms with E-state index in [0.29, 0.717) is 31.7 Å². The van der Waals surface area contributed by atoms with Gasteiger partial charge in [0.2, 0.25) is 5.82 Å². The summed E-state index contributed by atoms with van der Waals surface area (Å²) < 4.78 is 6.32. The molecule has 1 amide bonds. The van der Waals surface area contributed by atoms with Crippen molar-refractivity contribution in [3.63, 3.8) is 0 Å². The minimum absolute atomic E-state index is 0.113. The van der Waals surface area contributed by atoms with Gasteiger partial charge >= 0.3 is 6.01 Å². The van der Waals surface area contributed by atoms with Crippen LogP contribution in [0.4, 0.5) is 5.82 Å². The summed E-state index contributed by atoms with van der Waals surface area (Å²) in [5.74, 6) is 1.21. The molecule has 5 heterocycles. The van der Waals surface area contributed by atoms with Gasteiger partial charge in [0.25, 0.3) is 5.91 Å². The summed E-state index contributed by atoms with van der Waals surface area (Å²) in [6.07, 6.45) is 5.55. The Morgan fingerprint density at radius 3 is 2.64 bits per heavy atom. The number of fused-ring (bicyclic) bond motifs is 4. The number of carbonyl (C=O) groups excluding carboxylic acids is 1. The Kier molecular flexibility index (Phi) is 6.55. The van der Waals surface area contributed by atoms with Gasteiger partial charge in [0.1, 0.15) is 24.5 Å². The summed E-state index contributed by atoms with van der Waals surface area (Å²) in [5, 5.41) is 20.1. The summed E-state index contributed by atoms with van der Waals surface area (Å²) >= 11 is 0. The molecule has 5 aromatic rings. The highest BCUT2D eigenvalue weighted by atomic mass is 16.5. The fraction of sp³-hybridized carbons (Fsp3) is 0.364. The van der Waals surface area contributed by atoms with Crippen LogP contribution in [-0.2, 0) is 0 Å². The first-order valence-electron chi connectivity index (χ1n) is 15.3. The second-order valence-corrected chi connectivity index (χ2v) is 12.2. The first kappa shape index (κ1) is 26.8. The van der Waals surface area contributed by atoms with Crippen molar-refractivity contribution in [1.29, 1.82) is 0 Å². The summed E-state index contributed by atoms with van der Waals surface area (Å²) in [4.78, 5) is 33.8. The van der Waals surface area contributed by atoms with Gasteiger partial charge in [-0.15, -0.1) is 0 Å². The Labute approximate surface area is 254 Å². The third kappa shape index (κ3) is 4.68. The van der Waals surface area contributed by atoms with Crippen molar-refractivity contribution in [3.8, 4) is 22.9 Å². The molecule has 11 nitrogen and oxygen atoms in total. The minimum atomic E-state index is -0.126. The number of aromatic hydroxyl groups is 1. The van der Waals surface area contributed by atoms with Crippen LogP contribution in [0.2, 0.25) is 0 Å². The van der Waals surface area contributed by atoms with Crippen molar-refractivity contribution in [2.75, 3.05) is 38.2 Å². The quantitative estimate of drug-likeness (QED) is 0.299. The molecule has 0 spiro atoms. The third-order valence-corrected chi connectivity index (χ3v) is 9.52. The van der Waals surface area contributed by atoms with E-state index in [-0.39, 0.29) is 29.6 Å². The van der Waals surface area contributed by atoms with E-state index in [1.54, 1.807) is 6.07 Å². The van der Waals surface area contributed by atoms with Crippen LogP contribution in [-0.4, -0.2) is 97.4 Å². The Morgan fingerprint density at radius 1 is 1.02 bits per heavy atom. The Morgan fingerprint density at radius 2 is 1.86 bits per heavy atom. The number of anilines is 1. The van der Waals surface area contributed by atoms with Gasteiger partial charge < -0.3 is 24.5 Å². The summed E-state index contributed by atoms with van der Waals surface area (Å²) in [7, 11) is 2.14. The molecule has 0 aliphatic carbocycles. The van der Waals surface area contributed by atoms with Gasteiger partial charge in [0.05, 0.1) is 5.52 Å². The van der Waals surface area contributed by atoms with Gasteiger partial charge in [0, 0.05) is 36.6 Å². The maximum atomic E-state index is 13.1. The van der Waals surface area contributed by atoms with Crippen LogP contribution in [0.25, 0.3) is 32.8 Å². The molecule has 2 bridgehead atoms. The molecule has 2 aromatic heterocycles. The molecule has 3 atom stereocenters. The first-order valence-corrected chi connectivity index (χ1v) is 15.3. The topological polar surface area (TPSA) is 124 Å². The number of ether oxygens (including phenoxy) is 1. The van der Waals surface area contributed by atoms with Crippen LogP contribution in [0.5, 0.6) is 11.8 Å². The van der Waals surface area contributed by atoms with Crippen molar-refractivity contribution in [3.05, 3.63) is 66.7 Å². The number of rotatable bonds is 6. The zero-order valence-corrected chi connectivity index (χ0v) is 24.6. The SMILES string of the molecule is CN1CCC[C@H]1COc1nc(N2C3CCC2CN(C(=O)c2ncn[nH]2)C3)c2ccc(-c3cc(O)cc4ccccc34)cc2n1. The van der Waals surface area contributed by atoms with Gasteiger partial charge in [-0.1, -0.05) is 30.3 Å². The van der Waals surface area contributed by atoms with Crippen LogP contribution >= 0.6 is 0 Å². The van der Waals surface area contributed by atoms with E-state index >= 15 is 0 Å². The number of H-pyrrole nitrogens is 1. The van der Waals surface area contributed by atoms with Crippen molar-refractivity contribution in [2.45, 2.75) is 43.8 Å². The lowest BCUT2D eigenvalue weighted by Crippen LogP contribution is -2.56. The fourth-order valence-corrected chi connectivity index (χ4v) is 7.29. The molecule has 11 heteroatoms. The van der Waals surface area contributed by atoms with E-state index in [2.05, 4.69) is 56.3 Å². The number of nitrogens with one attached hydrogen (secondary N) is 1. The monoisotopic (exact) mass is 590 g/mol. The largest absolute Gasteiger partial charge is 0.508 e. The maximum Gasteiger partial charge on any atom is 0.319 e. The summed E-state index contributed by atoms with van der Waals surface area (Å²) in [5.41, 5.74) is 2.69. The number of likely N-dealkylation sites (tertiary alicyclic amines) is 2. The average Bonchev–Trinajstić information content (AvgIpc) is 3.78. The predicted octanol–water partition coefficient (Wildman–Crippen LogP) is 4.24. The number of phenols is 1. The minimum Gasteiger partial charge on any atom is -0.508 e. The van der Waals surface area contributed by atoms with Crippen LogP contribution in [0.15, 0.2) is 60.9 Å². The van der Waals surface area contributed by atoms with E-state index in [9.17, 15) is 9.90 Å². The molecule has 0 radical (unpaired) electrons. The molecule has 2 N–H and O–H groups in total. The van der Waals surface area contributed by atoms with Crippen LogP contribution in [0, 0.1) is 0 Å². The Hall–Kier alpha value is -4.77. The third-order valence-electron chi connectivity index (χ3n) is 9.52. The smallest absolute Gasteiger partial charge is 0.319 e. The van der Waals surface area contributed by atoms with Gasteiger partial charge in [-0.05, 0) is 85.4 Å². The van der Waals surface area contributed by atoms with Crippen molar-refractivity contribution in [1.82, 2.24) is 34.9 Å². The number of aromatic nitrogens is 5. The highest BCUT2D eigenvalue weighted by Gasteiger charge is 2.43. The lowest BCUT2D eigenvalue weighted by molar-refractivity contribution is 0.0705. The molecule has 44 heavy (non-hydrogen) atoms. The number of piperazine rings is 1. The molecule has 224 valence electrons. The zero-order chi connectivity index (χ0) is 29.8.